The van der Waals surface area contributed by atoms with Crippen LogP contribution in [0.15, 0.2) is 22.7 Å². The van der Waals surface area contributed by atoms with Gasteiger partial charge in [-0.3, -0.25) is 10.1 Å². The quantitative estimate of drug-likeness (QED) is 0.684. The maximum absolute atomic E-state index is 10.8. The van der Waals surface area contributed by atoms with Gasteiger partial charge in [-0.1, -0.05) is 6.92 Å². The van der Waals surface area contributed by atoms with Crippen LogP contribution in [-0.4, -0.2) is 24.1 Å². The van der Waals surface area contributed by atoms with Crippen LogP contribution in [0.3, 0.4) is 0 Å². The number of hydrogen-bond acceptors (Lipinski definition) is 4. The summed E-state index contributed by atoms with van der Waals surface area (Å²) in [5.41, 5.74) is 6.95. The molecule has 6 heteroatoms. The number of non-ortho nitro benzene ring substituents is 1. The third kappa shape index (κ3) is 3.06. The van der Waals surface area contributed by atoms with E-state index in [2.05, 4.69) is 27.8 Å². The first-order valence-electron chi connectivity index (χ1n) is 6.43. The zero-order chi connectivity index (χ0) is 14.0. The fraction of sp³-hybridized carbons (Fsp3) is 0.538. The highest BCUT2D eigenvalue weighted by molar-refractivity contribution is 9.10. The van der Waals surface area contributed by atoms with E-state index in [-0.39, 0.29) is 10.6 Å². The van der Waals surface area contributed by atoms with Gasteiger partial charge in [-0.2, -0.15) is 0 Å². The number of anilines is 1. The van der Waals surface area contributed by atoms with Gasteiger partial charge in [-0.05, 0) is 40.8 Å². The zero-order valence-corrected chi connectivity index (χ0v) is 12.5. The molecule has 2 unspecified atom stereocenters. The van der Waals surface area contributed by atoms with E-state index < -0.39 is 0 Å². The summed E-state index contributed by atoms with van der Waals surface area (Å²) in [4.78, 5) is 12.6. The van der Waals surface area contributed by atoms with Crippen molar-refractivity contribution in [1.29, 1.82) is 0 Å². The average Bonchev–Trinajstić information content (AvgIpc) is 2.38. The highest BCUT2D eigenvalue weighted by atomic mass is 79.9. The molecule has 2 rings (SSSR count). The van der Waals surface area contributed by atoms with Crippen LogP contribution in [0.2, 0.25) is 0 Å². The molecule has 0 radical (unpaired) electrons. The van der Waals surface area contributed by atoms with Crippen LogP contribution < -0.4 is 10.6 Å². The van der Waals surface area contributed by atoms with Crippen molar-refractivity contribution in [3.8, 4) is 0 Å². The van der Waals surface area contributed by atoms with E-state index in [1.54, 1.807) is 18.2 Å². The van der Waals surface area contributed by atoms with E-state index >= 15 is 0 Å². The molecule has 0 amide bonds. The SMILES string of the molecule is CC1CCN(c2ccc([N+](=O)[O-])cc2Br)C(CN)C1. The van der Waals surface area contributed by atoms with Crippen LogP contribution in [0.1, 0.15) is 19.8 Å². The summed E-state index contributed by atoms with van der Waals surface area (Å²) in [5, 5.41) is 10.8. The summed E-state index contributed by atoms with van der Waals surface area (Å²) >= 11 is 3.44. The maximum atomic E-state index is 10.8. The molecular weight excluding hydrogens is 310 g/mol. The molecule has 0 aromatic heterocycles. The predicted octanol–water partition coefficient (Wildman–Crippen LogP) is 2.92. The van der Waals surface area contributed by atoms with Gasteiger partial charge >= 0.3 is 0 Å². The second-order valence-electron chi connectivity index (χ2n) is 5.11. The summed E-state index contributed by atoms with van der Waals surface area (Å²) in [5.74, 6) is 0.682. The Bertz CT molecular complexity index is 481. The lowest BCUT2D eigenvalue weighted by Gasteiger charge is -2.40. The Morgan fingerprint density at radius 1 is 1.58 bits per heavy atom. The summed E-state index contributed by atoms with van der Waals surface area (Å²) in [6.45, 7) is 3.79. The Morgan fingerprint density at radius 2 is 2.32 bits per heavy atom. The molecule has 1 aromatic rings. The van der Waals surface area contributed by atoms with E-state index in [0.29, 0.717) is 18.5 Å². The fourth-order valence-corrected chi connectivity index (χ4v) is 3.23. The van der Waals surface area contributed by atoms with Gasteiger partial charge in [0.15, 0.2) is 0 Å². The number of hydrogen-bond donors (Lipinski definition) is 1. The van der Waals surface area contributed by atoms with Crippen LogP contribution in [0.5, 0.6) is 0 Å². The zero-order valence-electron chi connectivity index (χ0n) is 10.9. The molecule has 1 heterocycles. The third-order valence-corrected chi connectivity index (χ3v) is 4.34. The van der Waals surface area contributed by atoms with Crippen molar-refractivity contribution in [1.82, 2.24) is 0 Å². The molecule has 5 nitrogen and oxygen atoms in total. The predicted molar refractivity (Wildman–Crippen MR) is 79.4 cm³/mol. The summed E-state index contributed by atoms with van der Waals surface area (Å²) < 4.78 is 0.759. The molecule has 1 aromatic carbocycles. The molecular formula is C13H18BrN3O2. The minimum atomic E-state index is -0.382. The smallest absolute Gasteiger partial charge is 0.270 e. The number of halogens is 1. The lowest BCUT2D eigenvalue weighted by Crippen LogP contribution is -2.46. The second kappa shape index (κ2) is 5.88. The Labute approximate surface area is 121 Å². The highest BCUT2D eigenvalue weighted by Crippen LogP contribution is 2.34. The van der Waals surface area contributed by atoms with Gasteiger partial charge in [-0.15, -0.1) is 0 Å². The lowest BCUT2D eigenvalue weighted by molar-refractivity contribution is -0.384. The topological polar surface area (TPSA) is 72.4 Å². The van der Waals surface area contributed by atoms with Crippen LogP contribution in [0.25, 0.3) is 0 Å². The number of nitro groups is 1. The van der Waals surface area contributed by atoms with E-state index in [1.165, 1.54) is 0 Å². The molecule has 0 saturated carbocycles. The van der Waals surface area contributed by atoms with Crippen molar-refractivity contribution in [2.75, 3.05) is 18.0 Å². The van der Waals surface area contributed by atoms with Crippen LogP contribution in [-0.2, 0) is 0 Å². The first kappa shape index (κ1) is 14.3. The first-order chi connectivity index (χ1) is 9.02. The van der Waals surface area contributed by atoms with Crippen LogP contribution >= 0.6 is 15.9 Å². The number of benzene rings is 1. The van der Waals surface area contributed by atoms with E-state index in [1.807, 2.05) is 0 Å². The number of rotatable bonds is 3. The number of piperidine rings is 1. The minimum Gasteiger partial charge on any atom is -0.366 e. The fourth-order valence-electron chi connectivity index (χ4n) is 2.63. The van der Waals surface area contributed by atoms with Crippen molar-refractivity contribution in [2.45, 2.75) is 25.8 Å². The third-order valence-electron chi connectivity index (χ3n) is 3.70. The Morgan fingerprint density at radius 3 is 2.89 bits per heavy atom. The molecule has 0 bridgehead atoms. The second-order valence-corrected chi connectivity index (χ2v) is 5.96. The van der Waals surface area contributed by atoms with E-state index in [4.69, 9.17) is 5.73 Å². The minimum absolute atomic E-state index is 0.102. The largest absolute Gasteiger partial charge is 0.366 e. The Balaban J connectivity index is 2.28. The van der Waals surface area contributed by atoms with Gasteiger partial charge < -0.3 is 10.6 Å². The normalized spacial score (nSPS) is 23.4. The van der Waals surface area contributed by atoms with E-state index in [0.717, 1.165) is 29.5 Å². The molecule has 2 N–H and O–H groups in total. The van der Waals surface area contributed by atoms with Gasteiger partial charge in [0.25, 0.3) is 5.69 Å². The standard InChI is InChI=1S/C13H18BrN3O2/c1-9-4-5-16(11(6-9)8-15)13-3-2-10(17(18)19)7-12(13)14/h2-3,7,9,11H,4-6,8,15H2,1H3. The van der Waals surface area contributed by atoms with Gasteiger partial charge in [0.1, 0.15) is 0 Å². The maximum Gasteiger partial charge on any atom is 0.270 e. The highest BCUT2D eigenvalue weighted by Gasteiger charge is 2.27. The summed E-state index contributed by atoms with van der Waals surface area (Å²) in [7, 11) is 0. The van der Waals surface area contributed by atoms with Gasteiger partial charge in [0, 0.05) is 35.7 Å². The Kier molecular flexibility index (Phi) is 4.42. The van der Waals surface area contributed by atoms with Crippen molar-refractivity contribution in [3.05, 3.63) is 32.8 Å². The molecule has 2 atom stereocenters. The van der Waals surface area contributed by atoms with Crippen molar-refractivity contribution in [2.24, 2.45) is 11.7 Å². The number of nitro benzene ring substituents is 1. The van der Waals surface area contributed by atoms with Crippen LogP contribution in [0, 0.1) is 16.0 Å². The van der Waals surface area contributed by atoms with Gasteiger partial charge in [-0.25, -0.2) is 0 Å². The summed E-state index contributed by atoms with van der Waals surface area (Å²) in [6.07, 6.45) is 2.19. The summed E-state index contributed by atoms with van der Waals surface area (Å²) in [6, 6.07) is 5.22. The van der Waals surface area contributed by atoms with E-state index in [9.17, 15) is 10.1 Å². The molecule has 1 fully saturated rings. The molecule has 1 aliphatic heterocycles. The van der Waals surface area contributed by atoms with Crippen molar-refractivity contribution >= 4 is 27.3 Å². The van der Waals surface area contributed by atoms with Crippen molar-refractivity contribution < 1.29 is 4.92 Å². The molecule has 19 heavy (non-hydrogen) atoms. The monoisotopic (exact) mass is 327 g/mol. The molecule has 1 aliphatic rings. The van der Waals surface area contributed by atoms with Gasteiger partial charge in [0.05, 0.1) is 10.6 Å². The average molecular weight is 328 g/mol. The Hall–Kier alpha value is -1.14. The first-order valence-corrected chi connectivity index (χ1v) is 7.23. The molecule has 0 spiro atoms. The number of nitrogens with two attached hydrogens (primary N) is 1. The lowest BCUT2D eigenvalue weighted by atomic mass is 9.92. The molecule has 0 aliphatic carbocycles. The van der Waals surface area contributed by atoms with Crippen molar-refractivity contribution in [3.63, 3.8) is 0 Å². The molecule has 1 saturated heterocycles. The van der Waals surface area contributed by atoms with Crippen LogP contribution in [0.4, 0.5) is 11.4 Å². The molecule has 104 valence electrons. The van der Waals surface area contributed by atoms with Gasteiger partial charge in [0.2, 0.25) is 0 Å². The number of nitrogens with zero attached hydrogens (tertiary/aromatic N) is 2.